The summed E-state index contributed by atoms with van der Waals surface area (Å²) in [5.74, 6) is 1.89. The van der Waals surface area contributed by atoms with Crippen LogP contribution < -0.4 is 0 Å². The Kier molecular flexibility index (Phi) is 2.79. The first-order valence-electron chi connectivity index (χ1n) is 6.69. The van der Waals surface area contributed by atoms with Crippen molar-refractivity contribution >= 4 is 0 Å². The maximum Gasteiger partial charge on any atom is 0.0580 e. The first kappa shape index (κ1) is 11.0. The molecule has 1 heteroatoms. The van der Waals surface area contributed by atoms with Gasteiger partial charge in [0.05, 0.1) is 6.10 Å². The SMILES string of the molecule is C=CCCC(O)C1C2CCc3ccccc3C21. The molecule has 1 aromatic carbocycles. The van der Waals surface area contributed by atoms with Crippen LogP contribution in [0.3, 0.4) is 0 Å². The number of hydrogen-bond acceptors (Lipinski definition) is 1. The first-order chi connectivity index (χ1) is 8.33. The van der Waals surface area contributed by atoms with Gasteiger partial charge in [0.25, 0.3) is 0 Å². The first-order valence-corrected chi connectivity index (χ1v) is 6.69. The Bertz CT molecular complexity index is 423. The lowest BCUT2D eigenvalue weighted by atomic mass is 9.92. The van der Waals surface area contributed by atoms with Crippen LogP contribution in [0.5, 0.6) is 0 Å². The van der Waals surface area contributed by atoms with Crippen LogP contribution in [0.25, 0.3) is 0 Å². The minimum absolute atomic E-state index is 0.130. The number of allylic oxidation sites excluding steroid dienone is 1. The standard InChI is InChI=1S/C16H20O/c1-2-3-8-14(17)16-13-10-9-11-6-4-5-7-12(11)15(13)16/h2,4-7,13-17H,1,3,8-10H2. The fraction of sp³-hybridized carbons (Fsp3) is 0.500. The molecule has 1 aromatic rings. The minimum atomic E-state index is -0.130. The van der Waals surface area contributed by atoms with Crippen molar-refractivity contribution in [2.75, 3.05) is 0 Å². The smallest absolute Gasteiger partial charge is 0.0580 e. The monoisotopic (exact) mass is 228 g/mol. The highest BCUT2D eigenvalue weighted by Crippen LogP contribution is 2.61. The molecule has 17 heavy (non-hydrogen) atoms. The minimum Gasteiger partial charge on any atom is -0.393 e. The topological polar surface area (TPSA) is 20.2 Å². The van der Waals surface area contributed by atoms with Crippen LogP contribution in [0.4, 0.5) is 0 Å². The number of benzene rings is 1. The normalized spacial score (nSPS) is 31.2. The molecule has 0 saturated heterocycles. The van der Waals surface area contributed by atoms with Crippen molar-refractivity contribution in [2.24, 2.45) is 11.8 Å². The van der Waals surface area contributed by atoms with Gasteiger partial charge >= 0.3 is 0 Å². The summed E-state index contributed by atoms with van der Waals surface area (Å²) in [6.07, 6.45) is 6.04. The van der Waals surface area contributed by atoms with Gasteiger partial charge < -0.3 is 5.11 Å². The Morgan fingerprint density at radius 3 is 3.06 bits per heavy atom. The van der Waals surface area contributed by atoms with Crippen LogP contribution in [0, 0.1) is 11.8 Å². The third-order valence-corrected chi connectivity index (χ3v) is 4.50. The molecule has 0 heterocycles. The van der Waals surface area contributed by atoms with Crippen molar-refractivity contribution in [3.05, 3.63) is 48.0 Å². The zero-order chi connectivity index (χ0) is 11.8. The summed E-state index contributed by atoms with van der Waals surface area (Å²) in [4.78, 5) is 0. The highest BCUT2D eigenvalue weighted by Gasteiger charge is 2.55. The predicted octanol–water partition coefficient (Wildman–Crippen LogP) is 3.29. The maximum absolute atomic E-state index is 10.2. The average Bonchev–Trinajstić information content (AvgIpc) is 3.11. The Labute approximate surface area is 103 Å². The number of aliphatic hydroxyl groups excluding tert-OH is 1. The second kappa shape index (κ2) is 4.30. The summed E-state index contributed by atoms with van der Waals surface area (Å²) in [6.45, 7) is 3.73. The largest absolute Gasteiger partial charge is 0.393 e. The maximum atomic E-state index is 10.2. The molecule has 0 aromatic heterocycles. The summed E-state index contributed by atoms with van der Waals surface area (Å²) in [7, 11) is 0. The highest BCUT2D eigenvalue weighted by atomic mass is 16.3. The molecule has 1 N–H and O–H groups in total. The van der Waals surface area contributed by atoms with Gasteiger partial charge in [-0.2, -0.15) is 0 Å². The summed E-state index contributed by atoms with van der Waals surface area (Å²) >= 11 is 0. The molecule has 1 saturated carbocycles. The van der Waals surface area contributed by atoms with Gasteiger partial charge in [-0.3, -0.25) is 0 Å². The lowest BCUT2D eigenvalue weighted by Gasteiger charge is -2.13. The number of aryl methyl sites for hydroxylation is 1. The quantitative estimate of drug-likeness (QED) is 0.784. The molecular formula is C16H20O. The second-order valence-corrected chi connectivity index (χ2v) is 5.44. The van der Waals surface area contributed by atoms with E-state index in [0.29, 0.717) is 11.8 Å². The molecular weight excluding hydrogens is 208 g/mol. The van der Waals surface area contributed by atoms with E-state index in [1.165, 1.54) is 24.0 Å². The highest BCUT2D eigenvalue weighted by molar-refractivity contribution is 5.39. The lowest BCUT2D eigenvalue weighted by molar-refractivity contribution is 0.134. The molecule has 0 amide bonds. The number of rotatable bonds is 4. The zero-order valence-electron chi connectivity index (χ0n) is 10.2. The number of aliphatic hydroxyl groups is 1. The van der Waals surface area contributed by atoms with E-state index in [0.717, 1.165) is 18.8 Å². The van der Waals surface area contributed by atoms with E-state index in [4.69, 9.17) is 0 Å². The van der Waals surface area contributed by atoms with E-state index < -0.39 is 0 Å². The van der Waals surface area contributed by atoms with Crippen molar-refractivity contribution < 1.29 is 5.11 Å². The van der Waals surface area contributed by atoms with Crippen molar-refractivity contribution in [3.63, 3.8) is 0 Å². The third-order valence-electron chi connectivity index (χ3n) is 4.50. The van der Waals surface area contributed by atoms with Crippen molar-refractivity contribution in [1.82, 2.24) is 0 Å². The van der Waals surface area contributed by atoms with Crippen LogP contribution in [0.1, 0.15) is 36.3 Å². The molecule has 0 bridgehead atoms. The molecule has 3 rings (SSSR count). The molecule has 0 aliphatic heterocycles. The Morgan fingerprint density at radius 1 is 1.41 bits per heavy atom. The summed E-state index contributed by atoms with van der Waals surface area (Å²) in [5.41, 5.74) is 3.01. The lowest BCUT2D eigenvalue weighted by Crippen LogP contribution is -2.10. The van der Waals surface area contributed by atoms with E-state index >= 15 is 0 Å². The van der Waals surface area contributed by atoms with Gasteiger partial charge in [-0.15, -0.1) is 6.58 Å². The predicted molar refractivity (Wildman–Crippen MR) is 69.9 cm³/mol. The van der Waals surface area contributed by atoms with Gasteiger partial charge in [0.15, 0.2) is 0 Å². The van der Waals surface area contributed by atoms with Crippen molar-refractivity contribution in [2.45, 2.75) is 37.7 Å². The van der Waals surface area contributed by atoms with Gasteiger partial charge in [-0.25, -0.2) is 0 Å². The summed E-state index contributed by atoms with van der Waals surface area (Å²) in [5, 5.41) is 10.2. The van der Waals surface area contributed by atoms with E-state index in [9.17, 15) is 5.11 Å². The Balaban J connectivity index is 1.75. The summed E-state index contributed by atoms with van der Waals surface area (Å²) < 4.78 is 0. The second-order valence-electron chi connectivity index (χ2n) is 5.44. The van der Waals surface area contributed by atoms with Crippen LogP contribution in [0.2, 0.25) is 0 Å². The molecule has 4 atom stereocenters. The molecule has 2 aliphatic rings. The average molecular weight is 228 g/mol. The van der Waals surface area contributed by atoms with Gasteiger partial charge in [0, 0.05) is 0 Å². The van der Waals surface area contributed by atoms with E-state index in [1.807, 2.05) is 6.08 Å². The van der Waals surface area contributed by atoms with Gasteiger partial charge in [0.1, 0.15) is 0 Å². The molecule has 1 fully saturated rings. The fourth-order valence-electron chi connectivity index (χ4n) is 3.63. The van der Waals surface area contributed by atoms with Crippen LogP contribution in [0.15, 0.2) is 36.9 Å². The van der Waals surface area contributed by atoms with Gasteiger partial charge in [0.2, 0.25) is 0 Å². The molecule has 90 valence electrons. The van der Waals surface area contributed by atoms with E-state index in [1.54, 1.807) is 0 Å². The van der Waals surface area contributed by atoms with Gasteiger partial charge in [-0.1, -0.05) is 30.3 Å². The molecule has 4 unspecified atom stereocenters. The fourth-order valence-corrected chi connectivity index (χ4v) is 3.63. The number of fused-ring (bicyclic) bond motifs is 3. The molecule has 0 spiro atoms. The third kappa shape index (κ3) is 1.83. The van der Waals surface area contributed by atoms with Crippen LogP contribution >= 0.6 is 0 Å². The van der Waals surface area contributed by atoms with Crippen LogP contribution in [-0.2, 0) is 6.42 Å². The molecule has 0 radical (unpaired) electrons. The molecule has 2 aliphatic carbocycles. The zero-order valence-corrected chi connectivity index (χ0v) is 10.2. The number of hydrogen-bond donors (Lipinski definition) is 1. The Morgan fingerprint density at radius 2 is 2.24 bits per heavy atom. The van der Waals surface area contributed by atoms with Gasteiger partial charge in [-0.05, 0) is 54.6 Å². The van der Waals surface area contributed by atoms with E-state index in [2.05, 4.69) is 30.8 Å². The Hall–Kier alpha value is -1.08. The molecule has 1 nitrogen and oxygen atoms in total. The van der Waals surface area contributed by atoms with E-state index in [-0.39, 0.29) is 6.10 Å². The van der Waals surface area contributed by atoms with Crippen molar-refractivity contribution in [1.29, 1.82) is 0 Å². The van der Waals surface area contributed by atoms with Crippen molar-refractivity contribution in [3.8, 4) is 0 Å². The summed E-state index contributed by atoms with van der Waals surface area (Å²) in [6, 6.07) is 8.76. The van der Waals surface area contributed by atoms with Crippen LogP contribution in [-0.4, -0.2) is 11.2 Å².